The molecule has 0 bridgehead atoms. The maximum absolute atomic E-state index is 11.2. The lowest BCUT2D eigenvalue weighted by atomic mass is 9.95. The van der Waals surface area contributed by atoms with Gasteiger partial charge in [-0.25, -0.2) is 0 Å². The molecular formula is C16H10N2O4. The summed E-state index contributed by atoms with van der Waals surface area (Å²) >= 11 is 0. The van der Waals surface area contributed by atoms with E-state index in [1.165, 1.54) is 18.2 Å². The Morgan fingerprint density at radius 1 is 0.773 bits per heavy atom. The van der Waals surface area contributed by atoms with Crippen molar-refractivity contribution in [2.24, 2.45) is 0 Å². The Hall–Kier alpha value is -3.24. The van der Waals surface area contributed by atoms with Gasteiger partial charge in [-0.15, -0.1) is 0 Å². The molecule has 1 aromatic rings. The van der Waals surface area contributed by atoms with Gasteiger partial charge in [0, 0.05) is 11.1 Å². The van der Waals surface area contributed by atoms with Crippen molar-refractivity contribution < 1.29 is 24.0 Å². The van der Waals surface area contributed by atoms with Crippen LogP contribution in [0.15, 0.2) is 48.6 Å². The Labute approximate surface area is 125 Å². The van der Waals surface area contributed by atoms with Gasteiger partial charge in [0.15, 0.2) is 17.3 Å². The molecule has 0 amide bonds. The van der Waals surface area contributed by atoms with E-state index in [-0.39, 0.29) is 29.5 Å². The van der Waals surface area contributed by atoms with Crippen LogP contribution in [-0.2, 0) is 9.59 Å². The summed E-state index contributed by atoms with van der Waals surface area (Å²) in [6, 6.07) is 6.84. The summed E-state index contributed by atoms with van der Waals surface area (Å²) < 4.78 is 0. The maximum atomic E-state index is 11.2. The van der Waals surface area contributed by atoms with Crippen LogP contribution in [0.4, 0.5) is 0 Å². The van der Waals surface area contributed by atoms with Gasteiger partial charge in [0.05, 0.1) is 0 Å². The molecule has 3 rings (SSSR count). The van der Waals surface area contributed by atoms with Crippen LogP contribution in [0.25, 0.3) is 5.53 Å². The molecule has 6 heteroatoms. The SMILES string of the molecule is O=C1C=CC(=O)c2ccccc21.[N-]=[N+]=C1CC(=O)C=CC1=O. The Kier molecular flexibility index (Phi) is 4.46. The third kappa shape index (κ3) is 3.26. The lowest BCUT2D eigenvalue weighted by Gasteiger charge is -2.06. The Morgan fingerprint density at radius 2 is 1.27 bits per heavy atom. The van der Waals surface area contributed by atoms with Gasteiger partial charge in [-0.1, -0.05) is 24.3 Å². The molecule has 2 aliphatic carbocycles. The second-order valence-electron chi connectivity index (χ2n) is 4.49. The first-order valence-electron chi connectivity index (χ1n) is 6.35. The molecule has 0 fully saturated rings. The molecule has 108 valence electrons. The predicted octanol–water partition coefficient (Wildman–Crippen LogP) is 1.38. The summed E-state index contributed by atoms with van der Waals surface area (Å²) in [6.45, 7) is 0. The minimum atomic E-state index is -0.401. The van der Waals surface area contributed by atoms with Crippen molar-refractivity contribution in [3.05, 3.63) is 65.2 Å². The van der Waals surface area contributed by atoms with Crippen molar-refractivity contribution in [1.29, 1.82) is 0 Å². The van der Waals surface area contributed by atoms with E-state index in [0.29, 0.717) is 11.1 Å². The summed E-state index contributed by atoms with van der Waals surface area (Å²) in [4.78, 5) is 46.2. The molecule has 0 heterocycles. The molecule has 0 radical (unpaired) electrons. The van der Waals surface area contributed by atoms with E-state index in [2.05, 4.69) is 4.79 Å². The van der Waals surface area contributed by atoms with Crippen LogP contribution in [-0.4, -0.2) is 33.6 Å². The summed E-state index contributed by atoms with van der Waals surface area (Å²) in [5.74, 6) is -0.801. The zero-order chi connectivity index (χ0) is 16.1. The van der Waals surface area contributed by atoms with E-state index in [0.717, 1.165) is 6.08 Å². The Balaban J connectivity index is 0.000000164. The van der Waals surface area contributed by atoms with E-state index >= 15 is 0 Å². The van der Waals surface area contributed by atoms with E-state index in [1.54, 1.807) is 24.3 Å². The third-order valence-corrected chi connectivity index (χ3v) is 3.01. The van der Waals surface area contributed by atoms with Gasteiger partial charge >= 0.3 is 5.71 Å². The zero-order valence-corrected chi connectivity index (χ0v) is 11.4. The highest BCUT2D eigenvalue weighted by Crippen LogP contribution is 2.15. The second kappa shape index (κ2) is 6.47. The van der Waals surface area contributed by atoms with E-state index in [9.17, 15) is 19.2 Å². The van der Waals surface area contributed by atoms with Crippen LogP contribution in [0.1, 0.15) is 27.1 Å². The van der Waals surface area contributed by atoms with Crippen LogP contribution >= 0.6 is 0 Å². The number of rotatable bonds is 0. The van der Waals surface area contributed by atoms with Crippen molar-refractivity contribution >= 4 is 28.8 Å². The number of ketones is 4. The number of nitrogens with zero attached hydrogens (tertiary/aromatic N) is 2. The predicted molar refractivity (Wildman–Crippen MR) is 76.6 cm³/mol. The van der Waals surface area contributed by atoms with Gasteiger partial charge in [0.25, 0.3) is 5.78 Å². The number of hydrogen-bond donors (Lipinski definition) is 0. The second-order valence-corrected chi connectivity index (χ2v) is 4.49. The fraction of sp³-hybridized carbons (Fsp3) is 0.0625. The lowest BCUT2D eigenvalue weighted by molar-refractivity contribution is -0.119. The topological polar surface area (TPSA) is 105 Å². The maximum Gasteiger partial charge on any atom is 0.346 e. The molecule has 1 aromatic carbocycles. The van der Waals surface area contributed by atoms with Crippen LogP contribution in [0.3, 0.4) is 0 Å². The van der Waals surface area contributed by atoms with Crippen LogP contribution in [0, 0.1) is 0 Å². The van der Waals surface area contributed by atoms with Crippen molar-refractivity contribution in [2.45, 2.75) is 6.42 Å². The normalized spacial score (nSPS) is 15.9. The first-order chi connectivity index (χ1) is 10.5. The number of benzene rings is 1. The Bertz CT molecular complexity index is 759. The first-order valence-corrected chi connectivity index (χ1v) is 6.35. The molecule has 6 nitrogen and oxygen atoms in total. The van der Waals surface area contributed by atoms with Crippen molar-refractivity contribution in [3.8, 4) is 0 Å². The average Bonchev–Trinajstić information content (AvgIpc) is 2.54. The molecule has 0 aromatic heterocycles. The molecule has 0 saturated heterocycles. The van der Waals surface area contributed by atoms with E-state index in [4.69, 9.17) is 5.53 Å². The van der Waals surface area contributed by atoms with E-state index in [1.807, 2.05) is 0 Å². The van der Waals surface area contributed by atoms with Crippen LogP contribution in [0.2, 0.25) is 0 Å². The Morgan fingerprint density at radius 3 is 1.73 bits per heavy atom. The van der Waals surface area contributed by atoms with Crippen molar-refractivity contribution in [3.63, 3.8) is 0 Å². The largest absolute Gasteiger partial charge is 0.361 e. The smallest absolute Gasteiger partial charge is 0.346 e. The van der Waals surface area contributed by atoms with Gasteiger partial charge in [-0.3, -0.25) is 19.2 Å². The molecule has 0 unspecified atom stereocenters. The van der Waals surface area contributed by atoms with E-state index < -0.39 is 5.78 Å². The van der Waals surface area contributed by atoms with Gasteiger partial charge in [-0.2, -0.15) is 4.79 Å². The highest BCUT2D eigenvalue weighted by molar-refractivity contribution is 6.47. The molecule has 0 N–H and O–H groups in total. The summed E-state index contributed by atoms with van der Waals surface area (Å²) in [5.41, 5.74) is 9.08. The average molecular weight is 294 g/mol. The molecular weight excluding hydrogens is 284 g/mol. The first kappa shape index (κ1) is 15.2. The fourth-order valence-corrected chi connectivity index (χ4v) is 1.90. The highest BCUT2D eigenvalue weighted by Gasteiger charge is 2.24. The van der Waals surface area contributed by atoms with Crippen molar-refractivity contribution in [2.75, 3.05) is 0 Å². The number of hydrogen-bond acceptors (Lipinski definition) is 4. The van der Waals surface area contributed by atoms with Gasteiger partial charge in [-0.05, 0) is 24.3 Å². The van der Waals surface area contributed by atoms with Gasteiger partial charge in [0.1, 0.15) is 6.42 Å². The van der Waals surface area contributed by atoms with Crippen LogP contribution < -0.4 is 0 Å². The number of carbonyl (C=O) groups excluding carboxylic acids is 4. The molecule has 22 heavy (non-hydrogen) atoms. The summed E-state index contributed by atoms with van der Waals surface area (Å²) in [6.07, 6.45) is 4.80. The quantitative estimate of drug-likeness (QED) is 0.532. The minimum absolute atomic E-state index is 0.0903. The summed E-state index contributed by atoms with van der Waals surface area (Å²) in [5, 5.41) is 0. The van der Waals surface area contributed by atoms with Gasteiger partial charge in [0.2, 0.25) is 0 Å². The lowest BCUT2D eigenvalue weighted by Crippen LogP contribution is -2.20. The zero-order valence-electron chi connectivity index (χ0n) is 11.4. The molecule has 0 aliphatic heterocycles. The minimum Gasteiger partial charge on any atom is -0.361 e. The monoisotopic (exact) mass is 294 g/mol. The molecule has 0 saturated carbocycles. The number of fused-ring (bicyclic) bond motifs is 1. The standard InChI is InChI=1S/C10H6O2.C6H4N2O2/c11-9-5-6-10(12)8-4-2-1-3-7(8)9;7-8-5-3-4(9)1-2-6(5)10/h1-6H;1-2H,3H2. The number of carbonyl (C=O) groups is 4. The molecule has 0 spiro atoms. The van der Waals surface area contributed by atoms with Crippen LogP contribution in [0.5, 0.6) is 0 Å². The third-order valence-electron chi connectivity index (χ3n) is 3.01. The highest BCUT2D eigenvalue weighted by atomic mass is 16.1. The molecule has 0 atom stereocenters. The fourth-order valence-electron chi connectivity index (χ4n) is 1.90. The summed E-state index contributed by atoms with van der Waals surface area (Å²) in [7, 11) is 0. The van der Waals surface area contributed by atoms with Gasteiger partial charge < -0.3 is 5.53 Å². The molecule has 2 aliphatic rings. The number of allylic oxidation sites excluding steroid dienone is 4. The van der Waals surface area contributed by atoms with Crippen molar-refractivity contribution in [1.82, 2.24) is 0 Å².